The smallest absolute Gasteiger partial charge is 0.339 e. The van der Waals surface area contributed by atoms with Gasteiger partial charge in [-0.05, 0) is 48.8 Å². The number of nitrogens with zero attached hydrogens (tertiary/aromatic N) is 1. The highest BCUT2D eigenvalue weighted by Crippen LogP contribution is 2.29. The van der Waals surface area contributed by atoms with Crippen LogP contribution in [0.3, 0.4) is 0 Å². The molecule has 0 saturated carbocycles. The van der Waals surface area contributed by atoms with Crippen LogP contribution in [0.2, 0.25) is 0 Å². The van der Waals surface area contributed by atoms with Crippen LogP contribution in [0.5, 0.6) is 0 Å². The lowest BCUT2D eigenvalue weighted by atomic mass is 9.97. The molecule has 0 bridgehead atoms. The highest BCUT2D eigenvalue weighted by molar-refractivity contribution is 6.05. The van der Waals surface area contributed by atoms with Crippen LogP contribution in [-0.2, 0) is 22.4 Å². The van der Waals surface area contributed by atoms with Gasteiger partial charge in [0, 0.05) is 17.6 Å². The summed E-state index contributed by atoms with van der Waals surface area (Å²) in [6, 6.07) is 17.7. The van der Waals surface area contributed by atoms with Gasteiger partial charge in [-0.1, -0.05) is 61.9 Å². The highest BCUT2D eigenvalue weighted by Gasteiger charge is 2.23. The average molecular weight is 417 g/mol. The molecule has 0 spiro atoms. The number of benzene rings is 2. The number of fused-ring (bicyclic) bond motifs is 2. The van der Waals surface area contributed by atoms with Crippen molar-refractivity contribution < 1.29 is 14.3 Å². The molecule has 1 amide bonds. The Hall–Kier alpha value is -3.21. The van der Waals surface area contributed by atoms with Crippen molar-refractivity contribution in [2.45, 2.75) is 44.9 Å². The number of pyridine rings is 1. The Morgan fingerprint density at radius 1 is 1.00 bits per heavy atom. The molecule has 3 aromatic rings. The van der Waals surface area contributed by atoms with Gasteiger partial charge in [0.05, 0.1) is 11.1 Å². The minimum absolute atomic E-state index is 0.181. The van der Waals surface area contributed by atoms with E-state index < -0.39 is 5.97 Å². The summed E-state index contributed by atoms with van der Waals surface area (Å²) < 4.78 is 5.46. The summed E-state index contributed by atoms with van der Waals surface area (Å²) in [6.45, 7) is 2.26. The Balaban J connectivity index is 1.45. The van der Waals surface area contributed by atoms with Gasteiger partial charge in [-0.3, -0.25) is 9.78 Å². The maximum absolute atomic E-state index is 13.1. The summed E-state index contributed by atoms with van der Waals surface area (Å²) in [5.74, 6) is -0.552. The number of carbonyl (C=O) groups is 2. The Kier molecular flexibility index (Phi) is 6.60. The molecule has 5 nitrogen and oxygen atoms in total. The number of aromatic nitrogens is 1. The van der Waals surface area contributed by atoms with Gasteiger partial charge in [0.1, 0.15) is 0 Å². The third-order valence-corrected chi connectivity index (χ3v) is 5.93. The van der Waals surface area contributed by atoms with Gasteiger partial charge in [-0.25, -0.2) is 4.79 Å². The number of rotatable bonds is 6. The molecule has 5 heteroatoms. The highest BCUT2D eigenvalue weighted by atomic mass is 16.5. The minimum atomic E-state index is -0.442. The molecule has 1 aromatic heterocycles. The Bertz CT molecular complexity index is 1080. The van der Waals surface area contributed by atoms with Crippen molar-refractivity contribution in [3.63, 3.8) is 0 Å². The Morgan fingerprint density at radius 3 is 2.58 bits per heavy atom. The predicted octanol–water partition coefficient (Wildman–Crippen LogP) is 4.58. The van der Waals surface area contributed by atoms with Gasteiger partial charge < -0.3 is 10.1 Å². The van der Waals surface area contributed by atoms with Crippen molar-refractivity contribution in [3.05, 3.63) is 77.0 Å². The normalized spacial score (nSPS) is 14.4. The average Bonchev–Trinajstić information content (AvgIpc) is 3.05. The number of carbonyl (C=O) groups excluding carboxylic acids is 2. The van der Waals surface area contributed by atoms with Crippen LogP contribution >= 0.6 is 0 Å². The third kappa shape index (κ3) is 4.93. The molecular formula is C26H28N2O3. The van der Waals surface area contributed by atoms with Gasteiger partial charge in [0.25, 0.3) is 5.91 Å². The standard InChI is InChI=1S/C26H28N2O3/c1-18(19-10-4-2-5-11-19)16-27-24(29)17-31-26(30)25-20-12-6-3-7-14-22(20)28-23-15-9-8-13-21(23)25/h2,4-5,8-11,13,15,18H,3,6-7,12,14,16-17H2,1H3,(H,27,29)/t18-/m0/s1. The van der Waals surface area contributed by atoms with Crippen LogP contribution < -0.4 is 5.32 Å². The fourth-order valence-corrected chi connectivity index (χ4v) is 4.20. The number of amides is 1. The quantitative estimate of drug-likeness (QED) is 0.472. The monoisotopic (exact) mass is 416 g/mol. The van der Waals surface area contributed by atoms with E-state index in [1.165, 1.54) is 0 Å². The van der Waals surface area contributed by atoms with Crippen LogP contribution in [0.1, 0.15) is 59.3 Å². The summed E-state index contributed by atoms with van der Waals surface area (Å²) in [5, 5.41) is 3.67. The second kappa shape index (κ2) is 9.73. The van der Waals surface area contributed by atoms with E-state index in [1.807, 2.05) is 54.6 Å². The zero-order valence-electron chi connectivity index (χ0n) is 17.9. The topological polar surface area (TPSA) is 68.3 Å². The number of esters is 1. The van der Waals surface area contributed by atoms with Gasteiger partial charge in [-0.2, -0.15) is 0 Å². The zero-order valence-corrected chi connectivity index (χ0v) is 17.9. The number of nitrogens with one attached hydrogen (secondary N) is 1. The van der Waals surface area contributed by atoms with Gasteiger partial charge >= 0.3 is 5.97 Å². The molecule has 1 aliphatic rings. The molecule has 1 N–H and O–H groups in total. The number of hydrogen-bond acceptors (Lipinski definition) is 4. The van der Waals surface area contributed by atoms with Crippen LogP contribution in [0, 0.1) is 0 Å². The SMILES string of the molecule is C[C@@H](CNC(=O)COC(=O)c1c2c(nc3ccccc13)CCCCC2)c1ccccc1. The first-order valence-electron chi connectivity index (χ1n) is 11.0. The lowest BCUT2D eigenvalue weighted by molar-refractivity contribution is -0.124. The largest absolute Gasteiger partial charge is 0.452 e. The lowest BCUT2D eigenvalue weighted by Crippen LogP contribution is -2.32. The van der Waals surface area contributed by atoms with Crippen molar-refractivity contribution in [2.24, 2.45) is 0 Å². The van der Waals surface area contributed by atoms with Crippen LogP contribution in [0.4, 0.5) is 0 Å². The summed E-state index contributed by atoms with van der Waals surface area (Å²) in [6.07, 6.45) is 4.93. The van der Waals surface area contributed by atoms with E-state index >= 15 is 0 Å². The second-order valence-electron chi connectivity index (χ2n) is 8.18. The van der Waals surface area contributed by atoms with Crippen molar-refractivity contribution in [2.75, 3.05) is 13.2 Å². The van der Waals surface area contributed by atoms with E-state index in [4.69, 9.17) is 9.72 Å². The van der Waals surface area contributed by atoms with Crippen molar-refractivity contribution in [1.82, 2.24) is 10.3 Å². The molecule has 31 heavy (non-hydrogen) atoms. The molecule has 4 rings (SSSR count). The predicted molar refractivity (Wildman–Crippen MR) is 121 cm³/mol. The van der Waals surface area contributed by atoms with Crippen LogP contribution in [0.25, 0.3) is 10.9 Å². The number of hydrogen-bond donors (Lipinski definition) is 1. The van der Waals surface area contributed by atoms with E-state index in [0.29, 0.717) is 12.1 Å². The molecule has 0 saturated heterocycles. The van der Waals surface area contributed by atoms with Gasteiger partial charge in [0.2, 0.25) is 0 Å². The van der Waals surface area contributed by atoms with Crippen LogP contribution in [0.15, 0.2) is 54.6 Å². The minimum Gasteiger partial charge on any atom is -0.452 e. The van der Waals surface area contributed by atoms with Crippen molar-refractivity contribution >= 4 is 22.8 Å². The first-order valence-corrected chi connectivity index (χ1v) is 11.0. The molecule has 0 radical (unpaired) electrons. The molecule has 1 atom stereocenters. The Morgan fingerprint density at radius 2 is 1.74 bits per heavy atom. The summed E-state index contributed by atoms with van der Waals surface area (Å²) in [7, 11) is 0. The van der Waals surface area contributed by atoms with Gasteiger partial charge in [0.15, 0.2) is 6.61 Å². The number of ether oxygens (including phenoxy) is 1. The molecule has 0 unspecified atom stereocenters. The molecule has 0 fully saturated rings. The molecular weight excluding hydrogens is 388 g/mol. The van der Waals surface area contributed by atoms with Crippen molar-refractivity contribution in [1.29, 1.82) is 0 Å². The second-order valence-corrected chi connectivity index (χ2v) is 8.18. The first kappa shape index (κ1) is 21.0. The molecule has 160 valence electrons. The summed E-state index contributed by atoms with van der Waals surface area (Å²) in [4.78, 5) is 30.2. The third-order valence-electron chi connectivity index (χ3n) is 5.93. The molecule has 1 heterocycles. The lowest BCUT2D eigenvalue weighted by Gasteiger charge is -2.15. The van der Waals surface area contributed by atoms with Crippen molar-refractivity contribution in [3.8, 4) is 0 Å². The molecule has 2 aromatic carbocycles. The Labute approximate surface area is 182 Å². The first-order chi connectivity index (χ1) is 15.1. The molecule has 0 aliphatic heterocycles. The van der Waals surface area contributed by atoms with E-state index in [0.717, 1.165) is 59.8 Å². The maximum Gasteiger partial charge on any atom is 0.339 e. The maximum atomic E-state index is 13.1. The van der Waals surface area contributed by atoms with E-state index in [-0.39, 0.29) is 18.4 Å². The number of para-hydroxylation sites is 1. The van der Waals surface area contributed by atoms with E-state index in [9.17, 15) is 9.59 Å². The summed E-state index contributed by atoms with van der Waals surface area (Å²) in [5.41, 5.74) is 4.51. The van der Waals surface area contributed by atoms with Gasteiger partial charge in [-0.15, -0.1) is 0 Å². The van der Waals surface area contributed by atoms with Crippen LogP contribution in [-0.4, -0.2) is 30.0 Å². The summed E-state index contributed by atoms with van der Waals surface area (Å²) >= 11 is 0. The molecule has 1 aliphatic carbocycles. The zero-order chi connectivity index (χ0) is 21.6. The number of aryl methyl sites for hydroxylation is 1. The fraction of sp³-hybridized carbons (Fsp3) is 0.346. The fourth-order valence-electron chi connectivity index (χ4n) is 4.20. The van der Waals surface area contributed by atoms with E-state index in [1.54, 1.807) is 0 Å². The van der Waals surface area contributed by atoms with E-state index in [2.05, 4.69) is 12.2 Å².